The number of nitrogens with one attached hydrogen (secondary N) is 1. The minimum atomic E-state index is 0.382. The lowest BCUT2D eigenvalue weighted by molar-refractivity contribution is 0.451. The predicted molar refractivity (Wildman–Crippen MR) is 80.4 cm³/mol. The van der Waals surface area contributed by atoms with E-state index >= 15 is 0 Å². The number of rotatable bonds is 5. The lowest BCUT2D eigenvalue weighted by Gasteiger charge is -2.14. The zero-order valence-electron chi connectivity index (χ0n) is 10.1. The monoisotopic (exact) mass is 371 g/mol. The SMILES string of the molecule is CC(Cn1cccn1)NCc1ccc(Br)c(Br)c1. The molecule has 1 aromatic carbocycles. The summed E-state index contributed by atoms with van der Waals surface area (Å²) in [6.07, 6.45) is 3.78. The molecule has 0 saturated heterocycles. The van der Waals surface area contributed by atoms with Crippen LogP contribution in [-0.2, 0) is 13.1 Å². The number of nitrogens with zero attached hydrogens (tertiary/aromatic N) is 2. The van der Waals surface area contributed by atoms with Crippen molar-refractivity contribution in [2.45, 2.75) is 26.1 Å². The van der Waals surface area contributed by atoms with Crippen molar-refractivity contribution in [2.24, 2.45) is 0 Å². The lowest BCUT2D eigenvalue weighted by Crippen LogP contribution is -2.30. The topological polar surface area (TPSA) is 29.9 Å². The van der Waals surface area contributed by atoms with E-state index in [1.54, 1.807) is 6.20 Å². The van der Waals surface area contributed by atoms with E-state index in [0.717, 1.165) is 22.0 Å². The first kappa shape index (κ1) is 13.8. The number of halogens is 2. The Kier molecular flexibility index (Phi) is 4.97. The van der Waals surface area contributed by atoms with Crippen LogP contribution in [0.25, 0.3) is 0 Å². The quantitative estimate of drug-likeness (QED) is 0.869. The highest BCUT2D eigenvalue weighted by molar-refractivity contribution is 9.13. The Morgan fingerprint density at radius 3 is 2.83 bits per heavy atom. The smallest absolute Gasteiger partial charge is 0.0560 e. The molecule has 1 heterocycles. The lowest BCUT2D eigenvalue weighted by atomic mass is 10.2. The Labute approximate surface area is 124 Å². The Balaban J connectivity index is 1.85. The van der Waals surface area contributed by atoms with E-state index in [1.807, 2.05) is 16.9 Å². The van der Waals surface area contributed by atoms with Crippen LogP contribution < -0.4 is 5.32 Å². The zero-order chi connectivity index (χ0) is 13.0. The van der Waals surface area contributed by atoms with Gasteiger partial charge in [0, 0.05) is 33.9 Å². The largest absolute Gasteiger partial charge is 0.308 e. The van der Waals surface area contributed by atoms with Crippen molar-refractivity contribution >= 4 is 31.9 Å². The third-order valence-corrected chi connectivity index (χ3v) is 4.54. The van der Waals surface area contributed by atoms with E-state index < -0.39 is 0 Å². The maximum absolute atomic E-state index is 4.20. The molecule has 5 heteroatoms. The van der Waals surface area contributed by atoms with Gasteiger partial charge in [-0.05, 0) is 62.5 Å². The minimum absolute atomic E-state index is 0.382. The zero-order valence-corrected chi connectivity index (χ0v) is 13.3. The van der Waals surface area contributed by atoms with Crippen molar-refractivity contribution in [2.75, 3.05) is 0 Å². The van der Waals surface area contributed by atoms with Crippen LogP contribution in [0.1, 0.15) is 12.5 Å². The normalized spacial score (nSPS) is 12.6. The van der Waals surface area contributed by atoms with Gasteiger partial charge in [0.15, 0.2) is 0 Å². The summed E-state index contributed by atoms with van der Waals surface area (Å²) in [5, 5.41) is 7.69. The molecule has 0 aliphatic carbocycles. The van der Waals surface area contributed by atoms with Gasteiger partial charge >= 0.3 is 0 Å². The summed E-state index contributed by atoms with van der Waals surface area (Å²) < 4.78 is 4.10. The van der Waals surface area contributed by atoms with Gasteiger partial charge in [-0.15, -0.1) is 0 Å². The molecule has 0 fully saturated rings. The van der Waals surface area contributed by atoms with Crippen LogP contribution in [0.2, 0.25) is 0 Å². The summed E-state index contributed by atoms with van der Waals surface area (Å²) in [5.74, 6) is 0. The Morgan fingerprint density at radius 2 is 2.17 bits per heavy atom. The van der Waals surface area contributed by atoms with E-state index in [2.05, 4.69) is 67.4 Å². The molecule has 1 N–H and O–H groups in total. The molecule has 0 bridgehead atoms. The second-order valence-corrected chi connectivity index (χ2v) is 5.97. The highest BCUT2D eigenvalue weighted by Crippen LogP contribution is 2.23. The molecule has 0 aliphatic heterocycles. The van der Waals surface area contributed by atoms with Crippen LogP contribution in [0.4, 0.5) is 0 Å². The molecule has 0 saturated carbocycles. The second-order valence-electron chi connectivity index (χ2n) is 4.26. The molecular weight excluding hydrogens is 358 g/mol. The maximum Gasteiger partial charge on any atom is 0.0560 e. The first-order chi connectivity index (χ1) is 8.65. The van der Waals surface area contributed by atoms with Crippen molar-refractivity contribution in [3.05, 3.63) is 51.2 Å². The number of benzene rings is 1. The molecule has 0 aliphatic rings. The average Bonchev–Trinajstić information content (AvgIpc) is 2.83. The molecule has 3 nitrogen and oxygen atoms in total. The average molecular weight is 373 g/mol. The first-order valence-corrected chi connectivity index (χ1v) is 7.38. The fourth-order valence-electron chi connectivity index (χ4n) is 1.70. The van der Waals surface area contributed by atoms with Crippen LogP contribution in [0.5, 0.6) is 0 Å². The third-order valence-electron chi connectivity index (χ3n) is 2.66. The van der Waals surface area contributed by atoms with Crippen LogP contribution >= 0.6 is 31.9 Å². The standard InChI is InChI=1S/C13H15Br2N3/c1-10(9-18-6-2-5-17-18)16-8-11-3-4-12(14)13(15)7-11/h2-7,10,16H,8-9H2,1H3. The molecule has 18 heavy (non-hydrogen) atoms. The molecule has 0 radical (unpaired) electrons. The van der Waals surface area contributed by atoms with Crippen molar-refractivity contribution < 1.29 is 0 Å². The van der Waals surface area contributed by atoms with Crippen molar-refractivity contribution in [1.82, 2.24) is 15.1 Å². The summed E-state index contributed by atoms with van der Waals surface area (Å²) in [4.78, 5) is 0. The minimum Gasteiger partial charge on any atom is -0.308 e. The number of hydrogen-bond acceptors (Lipinski definition) is 2. The van der Waals surface area contributed by atoms with Crippen molar-refractivity contribution in [3.63, 3.8) is 0 Å². The molecule has 2 aromatic rings. The van der Waals surface area contributed by atoms with Gasteiger partial charge in [-0.3, -0.25) is 4.68 Å². The van der Waals surface area contributed by atoms with Crippen LogP contribution in [0.15, 0.2) is 45.6 Å². The molecule has 0 spiro atoms. The molecular formula is C13H15Br2N3. The van der Waals surface area contributed by atoms with Crippen molar-refractivity contribution in [3.8, 4) is 0 Å². The van der Waals surface area contributed by atoms with Crippen LogP contribution in [0.3, 0.4) is 0 Å². The second kappa shape index (κ2) is 6.50. The summed E-state index contributed by atoms with van der Waals surface area (Å²) in [7, 11) is 0. The molecule has 1 atom stereocenters. The van der Waals surface area contributed by atoms with Gasteiger partial charge < -0.3 is 5.32 Å². The Hall–Kier alpha value is -0.650. The molecule has 1 unspecified atom stereocenters. The Morgan fingerprint density at radius 1 is 1.33 bits per heavy atom. The predicted octanol–water partition coefficient (Wildman–Crippen LogP) is 3.59. The summed E-state index contributed by atoms with van der Waals surface area (Å²) in [6.45, 7) is 3.90. The van der Waals surface area contributed by atoms with E-state index in [-0.39, 0.29) is 0 Å². The van der Waals surface area contributed by atoms with Gasteiger partial charge in [0.05, 0.1) is 6.54 Å². The number of aromatic nitrogens is 2. The van der Waals surface area contributed by atoms with E-state index in [9.17, 15) is 0 Å². The molecule has 96 valence electrons. The van der Waals surface area contributed by atoms with E-state index in [1.165, 1.54) is 5.56 Å². The van der Waals surface area contributed by atoms with E-state index in [4.69, 9.17) is 0 Å². The van der Waals surface area contributed by atoms with Crippen LogP contribution in [-0.4, -0.2) is 15.8 Å². The van der Waals surface area contributed by atoms with Gasteiger partial charge in [-0.2, -0.15) is 5.10 Å². The summed E-state index contributed by atoms with van der Waals surface area (Å²) >= 11 is 6.98. The van der Waals surface area contributed by atoms with Gasteiger partial charge in [0.25, 0.3) is 0 Å². The Bertz CT molecular complexity index is 497. The van der Waals surface area contributed by atoms with Gasteiger partial charge in [-0.25, -0.2) is 0 Å². The molecule has 0 amide bonds. The first-order valence-electron chi connectivity index (χ1n) is 5.80. The number of hydrogen-bond donors (Lipinski definition) is 1. The van der Waals surface area contributed by atoms with Gasteiger partial charge in [0.1, 0.15) is 0 Å². The van der Waals surface area contributed by atoms with Gasteiger partial charge in [-0.1, -0.05) is 6.07 Å². The maximum atomic E-state index is 4.20. The highest BCUT2D eigenvalue weighted by Gasteiger charge is 2.04. The summed E-state index contributed by atoms with van der Waals surface area (Å²) in [6, 6.07) is 8.62. The van der Waals surface area contributed by atoms with E-state index in [0.29, 0.717) is 6.04 Å². The fourth-order valence-corrected chi connectivity index (χ4v) is 2.37. The third kappa shape index (κ3) is 3.93. The molecule has 2 rings (SSSR count). The van der Waals surface area contributed by atoms with Gasteiger partial charge in [0.2, 0.25) is 0 Å². The fraction of sp³-hybridized carbons (Fsp3) is 0.308. The summed E-state index contributed by atoms with van der Waals surface area (Å²) in [5.41, 5.74) is 1.26. The highest BCUT2D eigenvalue weighted by atomic mass is 79.9. The molecule has 1 aromatic heterocycles. The van der Waals surface area contributed by atoms with Crippen LogP contribution in [0, 0.1) is 0 Å². The van der Waals surface area contributed by atoms with Crippen molar-refractivity contribution in [1.29, 1.82) is 0 Å².